The van der Waals surface area contributed by atoms with Gasteiger partial charge >= 0.3 is 6.01 Å². The molecule has 0 saturated carbocycles. The highest BCUT2D eigenvalue weighted by Crippen LogP contribution is 2.16. The lowest BCUT2D eigenvalue weighted by molar-refractivity contribution is 0.379. The Bertz CT molecular complexity index is 517. The van der Waals surface area contributed by atoms with Crippen LogP contribution in [0.15, 0.2) is 16.8 Å². The van der Waals surface area contributed by atoms with Crippen LogP contribution in [0.4, 0.5) is 11.9 Å². The van der Waals surface area contributed by atoms with E-state index in [1.807, 2.05) is 18.9 Å². The molecule has 0 fully saturated rings. The van der Waals surface area contributed by atoms with Gasteiger partial charge in [0.15, 0.2) is 0 Å². The van der Waals surface area contributed by atoms with E-state index in [0.29, 0.717) is 17.9 Å². The van der Waals surface area contributed by atoms with Gasteiger partial charge in [-0.1, -0.05) is 0 Å². The van der Waals surface area contributed by atoms with Crippen LogP contribution in [0.5, 0.6) is 6.01 Å². The number of anilines is 2. The van der Waals surface area contributed by atoms with Crippen LogP contribution in [-0.2, 0) is 6.54 Å². The molecule has 0 aromatic carbocycles. The number of rotatable bonds is 6. The molecule has 0 aliphatic carbocycles. The minimum Gasteiger partial charge on any atom is -0.467 e. The number of nitrogens with one attached hydrogen (secondary N) is 1. The Hall–Kier alpha value is -1.89. The molecule has 0 spiro atoms. The number of hydrogen-bond donors (Lipinski definition) is 1. The number of nitrogens with zero attached hydrogens (tertiary/aromatic N) is 4. The Labute approximate surface area is 116 Å². The van der Waals surface area contributed by atoms with Crippen LogP contribution < -0.4 is 15.0 Å². The molecule has 0 bridgehead atoms. The first-order valence-electron chi connectivity index (χ1n) is 5.99. The number of aromatic nitrogens is 3. The molecule has 0 aliphatic rings. The lowest BCUT2D eigenvalue weighted by atomic mass is 10.3. The highest BCUT2D eigenvalue weighted by atomic mass is 32.1. The third-order valence-corrected chi connectivity index (χ3v) is 3.19. The number of methoxy groups -OCH3 is 1. The van der Waals surface area contributed by atoms with Crippen molar-refractivity contribution in [3.8, 4) is 6.01 Å². The Morgan fingerprint density at radius 1 is 1.37 bits per heavy atom. The molecule has 7 heteroatoms. The van der Waals surface area contributed by atoms with Crippen molar-refractivity contribution < 1.29 is 4.74 Å². The standard InChI is InChI=1S/C12H17N5OS/c1-4-13-10-14-11(16-12(15-10)18-3)17(2)7-9-5-6-19-8-9/h5-6,8H,4,7H2,1-3H3,(H,13,14,15,16). The molecule has 19 heavy (non-hydrogen) atoms. The van der Waals surface area contributed by atoms with E-state index in [1.165, 1.54) is 5.56 Å². The van der Waals surface area contributed by atoms with E-state index < -0.39 is 0 Å². The minimum absolute atomic E-state index is 0.318. The molecule has 0 saturated heterocycles. The Morgan fingerprint density at radius 2 is 2.21 bits per heavy atom. The Morgan fingerprint density at radius 3 is 2.84 bits per heavy atom. The molecule has 0 amide bonds. The molecule has 0 unspecified atom stereocenters. The Kier molecular flexibility index (Phi) is 4.51. The highest BCUT2D eigenvalue weighted by molar-refractivity contribution is 7.07. The zero-order chi connectivity index (χ0) is 13.7. The lowest BCUT2D eigenvalue weighted by Gasteiger charge is -2.17. The average Bonchev–Trinajstić information content (AvgIpc) is 2.91. The van der Waals surface area contributed by atoms with Gasteiger partial charge in [-0.05, 0) is 29.3 Å². The zero-order valence-electron chi connectivity index (χ0n) is 11.3. The first kappa shape index (κ1) is 13.5. The summed E-state index contributed by atoms with van der Waals surface area (Å²) in [6.07, 6.45) is 0. The molecule has 0 aliphatic heterocycles. The van der Waals surface area contributed by atoms with Gasteiger partial charge in [-0.15, -0.1) is 0 Å². The predicted molar refractivity (Wildman–Crippen MR) is 77.0 cm³/mol. The third kappa shape index (κ3) is 3.54. The SMILES string of the molecule is CCNc1nc(OC)nc(N(C)Cc2ccsc2)n1. The quantitative estimate of drug-likeness (QED) is 0.872. The third-order valence-electron chi connectivity index (χ3n) is 2.46. The van der Waals surface area contributed by atoms with Gasteiger partial charge in [-0.2, -0.15) is 26.3 Å². The van der Waals surface area contributed by atoms with Crippen LogP contribution in [0.25, 0.3) is 0 Å². The van der Waals surface area contributed by atoms with Gasteiger partial charge in [0.05, 0.1) is 7.11 Å². The Balaban J connectivity index is 2.19. The summed E-state index contributed by atoms with van der Waals surface area (Å²) < 4.78 is 5.10. The van der Waals surface area contributed by atoms with Crippen molar-refractivity contribution in [3.05, 3.63) is 22.4 Å². The van der Waals surface area contributed by atoms with Crippen LogP contribution in [0.1, 0.15) is 12.5 Å². The number of ether oxygens (including phenoxy) is 1. The van der Waals surface area contributed by atoms with E-state index in [1.54, 1.807) is 18.4 Å². The molecule has 0 radical (unpaired) electrons. The van der Waals surface area contributed by atoms with E-state index in [0.717, 1.165) is 13.1 Å². The molecule has 6 nitrogen and oxygen atoms in total. The molecular formula is C12H17N5OS. The summed E-state index contributed by atoms with van der Waals surface area (Å²) in [6.45, 7) is 3.49. The van der Waals surface area contributed by atoms with Gasteiger partial charge in [0.2, 0.25) is 11.9 Å². The maximum absolute atomic E-state index is 5.10. The summed E-state index contributed by atoms with van der Waals surface area (Å²) in [5, 5.41) is 7.24. The fourth-order valence-corrected chi connectivity index (χ4v) is 2.23. The summed E-state index contributed by atoms with van der Waals surface area (Å²) in [5.41, 5.74) is 1.23. The van der Waals surface area contributed by atoms with E-state index >= 15 is 0 Å². The normalized spacial score (nSPS) is 10.3. The van der Waals surface area contributed by atoms with E-state index in [4.69, 9.17) is 4.74 Å². The van der Waals surface area contributed by atoms with E-state index in [2.05, 4.69) is 37.1 Å². The highest BCUT2D eigenvalue weighted by Gasteiger charge is 2.11. The largest absolute Gasteiger partial charge is 0.467 e. The van der Waals surface area contributed by atoms with E-state index in [9.17, 15) is 0 Å². The van der Waals surface area contributed by atoms with Crippen molar-refractivity contribution in [2.75, 3.05) is 30.9 Å². The number of hydrogen-bond acceptors (Lipinski definition) is 7. The molecule has 2 rings (SSSR count). The van der Waals surface area contributed by atoms with Crippen LogP contribution in [-0.4, -0.2) is 35.7 Å². The van der Waals surface area contributed by atoms with Crippen molar-refractivity contribution in [2.45, 2.75) is 13.5 Å². The smallest absolute Gasteiger partial charge is 0.322 e. The zero-order valence-corrected chi connectivity index (χ0v) is 12.1. The lowest BCUT2D eigenvalue weighted by Crippen LogP contribution is -2.20. The molecule has 102 valence electrons. The summed E-state index contributed by atoms with van der Waals surface area (Å²) in [5.74, 6) is 1.12. The van der Waals surface area contributed by atoms with Crippen LogP contribution >= 0.6 is 11.3 Å². The van der Waals surface area contributed by atoms with Gasteiger partial charge in [0.25, 0.3) is 0 Å². The summed E-state index contributed by atoms with van der Waals surface area (Å²) in [7, 11) is 3.50. The maximum atomic E-state index is 5.10. The molecule has 0 atom stereocenters. The second kappa shape index (κ2) is 6.33. The van der Waals surface area contributed by atoms with Crippen molar-refractivity contribution in [1.82, 2.24) is 15.0 Å². The fraction of sp³-hybridized carbons (Fsp3) is 0.417. The maximum Gasteiger partial charge on any atom is 0.322 e. The van der Waals surface area contributed by atoms with Crippen molar-refractivity contribution in [3.63, 3.8) is 0 Å². The monoisotopic (exact) mass is 279 g/mol. The van der Waals surface area contributed by atoms with Crippen molar-refractivity contribution in [1.29, 1.82) is 0 Å². The second-order valence-corrected chi connectivity index (χ2v) is 4.74. The summed E-state index contributed by atoms with van der Waals surface area (Å²) in [6, 6.07) is 2.41. The van der Waals surface area contributed by atoms with Crippen LogP contribution in [0, 0.1) is 0 Å². The molecule has 1 N–H and O–H groups in total. The van der Waals surface area contributed by atoms with Crippen molar-refractivity contribution in [2.24, 2.45) is 0 Å². The molecular weight excluding hydrogens is 262 g/mol. The van der Waals surface area contributed by atoms with Gasteiger partial charge in [0.1, 0.15) is 0 Å². The van der Waals surface area contributed by atoms with Gasteiger partial charge in [0, 0.05) is 20.1 Å². The summed E-state index contributed by atoms with van der Waals surface area (Å²) >= 11 is 1.68. The number of thiophene rings is 1. The average molecular weight is 279 g/mol. The van der Waals surface area contributed by atoms with E-state index in [-0.39, 0.29) is 0 Å². The first-order chi connectivity index (χ1) is 9.22. The molecule has 2 aromatic rings. The molecule has 2 heterocycles. The van der Waals surface area contributed by atoms with Crippen LogP contribution in [0.3, 0.4) is 0 Å². The van der Waals surface area contributed by atoms with Gasteiger partial charge in [-0.3, -0.25) is 0 Å². The topological polar surface area (TPSA) is 63.2 Å². The molecule has 2 aromatic heterocycles. The second-order valence-electron chi connectivity index (χ2n) is 3.96. The van der Waals surface area contributed by atoms with Crippen LogP contribution in [0.2, 0.25) is 0 Å². The predicted octanol–water partition coefficient (Wildman–Crippen LogP) is 2.01. The summed E-state index contributed by atoms with van der Waals surface area (Å²) in [4.78, 5) is 14.7. The fourth-order valence-electron chi connectivity index (χ4n) is 1.57. The van der Waals surface area contributed by atoms with Gasteiger partial charge in [-0.25, -0.2) is 0 Å². The first-order valence-corrected chi connectivity index (χ1v) is 6.93. The van der Waals surface area contributed by atoms with Crippen molar-refractivity contribution >= 4 is 23.2 Å². The minimum atomic E-state index is 0.318. The van der Waals surface area contributed by atoms with Gasteiger partial charge < -0.3 is 15.0 Å².